The molecule has 3 aliphatic carbocycles. The predicted octanol–water partition coefficient (Wildman–Crippen LogP) is 5.46. The second kappa shape index (κ2) is 5.40. The van der Waals surface area contributed by atoms with E-state index in [9.17, 15) is 0 Å². The van der Waals surface area contributed by atoms with Gasteiger partial charge in [0.25, 0.3) is 0 Å². The van der Waals surface area contributed by atoms with Crippen LogP contribution < -0.4 is 0 Å². The largest absolute Gasteiger partial charge is 0.370 e. The van der Waals surface area contributed by atoms with Crippen LogP contribution in [-0.4, -0.2) is 16.1 Å². The molecular formula is C18H31IO. The molecular weight excluding hydrogens is 359 g/mol. The average molecular weight is 390 g/mol. The standard InChI is InChI=1S/C18H31IO/c1-12-5-8-16(9-13(12)2)20-18(11-19)15-7-6-14(10-15)17(18,3)4/h12-16H,5-11H2,1-4H3. The van der Waals surface area contributed by atoms with Crippen LogP contribution in [0.2, 0.25) is 0 Å². The Morgan fingerprint density at radius 2 is 1.65 bits per heavy atom. The van der Waals surface area contributed by atoms with Crippen LogP contribution >= 0.6 is 22.6 Å². The third kappa shape index (κ3) is 2.19. The highest BCUT2D eigenvalue weighted by Crippen LogP contribution is 2.64. The molecule has 2 bridgehead atoms. The Kier molecular flexibility index (Phi) is 4.21. The fourth-order valence-corrected chi connectivity index (χ4v) is 7.18. The van der Waals surface area contributed by atoms with Gasteiger partial charge >= 0.3 is 0 Å². The Labute approximate surface area is 138 Å². The molecule has 1 nitrogen and oxygen atoms in total. The summed E-state index contributed by atoms with van der Waals surface area (Å²) in [5, 5.41) is 0. The zero-order valence-corrected chi connectivity index (χ0v) is 15.8. The van der Waals surface area contributed by atoms with Crippen molar-refractivity contribution in [1.29, 1.82) is 0 Å². The summed E-state index contributed by atoms with van der Waals surface area (Å²) in [4.78, 5) is 0. The van der Waals surface area contributed by atoms with Crippen molar-refractivity contribution in [3.8, 4) is 0 Å². The summed E-state index contributed by atoms with van der Waals surface area (Å²) in [5.74, 6) is 3.46. The van der Waals surface area contributed by atoms with Crippen molar-refractivity contribution in [2.45, 2.75) is 77.9 Å². The molecule has 0 aromatic heterocycles. The first kappa shape index (κ1) is 15.6. The zero-order valence-electron chi connectivity index (χ0n) is 13.6. The van der Waals surface area contributed by atoms with Gasteiger partial charge in [-0.3, -0.25) is 0 Å². The number of alkyl halides is 1. The van der Waals surface area contributed by atoms with Crippen LogP contribution in [-0.2, 0) is 4.74 Å². The second-order valence-electron chi connectivity index (χ2n) is 8.46. The molecule has 0 aromatic carbocycles. The quantitative estimate of drug-likeness (QED) is 0.460. The van der Waals surface area contributed by atoms with Gasteiger partial charge < -0.3 is 4.74 Å². The van der Waals surface area contributed by atoms with E-state index in [1.807, 2.05) is 0 Å². The lowest BCUT2D eigenvalue weighted by Gasteiger charge is -2.51. The van der Waals surface area contributed by atoms with E-state index in [0.29, 0.717) is 11.5 Å². The molecule has 6 unspecified atom stereocenters. The van der Waals surface area contributed by atoms with Crippen molar-refractivity contribution in [2.24, 2.45) is 29.1 Å². The minimum absolute atomic E-state index is 0.168. The van der Waals surface area contributed by atoms with Gasteiger partial charge in [0.1, 0.15) is 0 Å². The molecule has 3 rings (SSSR count). The third-order valence-corrected chi connectivity index (χ3v) is 8.46. The summed E-state index contributed by atoms with van der Waals surface area (Å²) in [7, 11) is 0. The van der Waals surface area contributed by atoms with Crippen LogP contribution in [0.25, 0.3) is 0 Å². The van der Waals surface area contributed by atoms with Gasteiger partial charge in [-0.05, 0) is 67.6 Å². The molecule has 0 amide bonds. The molecule has 0 aliphatic heterocycles. The number of fused-ring (bicyclic) bond motifs is 2. The molecule has 2 heteroatoms. The summed E-state index contributed by atoms with van der Waals surface area (Å²) in [6, 6.07) is 0. The van der Waals surface area contributed by atoms with Crippen LogP contribution in [0, 0.1) is 29.1 Å². The summed E-state index contributed by atoms with van der Waals surface area (Å²) >= 11 is 2.61. The fraction of sp³-hybridized carbons (Fsp3) is 1.00. The summed E-state index contributed by atoms with van der Waals surface area (Å²) in [6.07, 6.45) is 8.74. The van der Waals surface area contributed by atoms with E-state index in [0.717, 1.165) is 23.7 Å². The van der Waals surface area contributed by atoms with E-state index >= 15 is 0 Å². The SMILES string of the molecule is CC1CCC(OC2(CI)C3CCC(C3)C2(C)C)CC1C. The average Bonchev–Trinajstić information content (AvgIpc) is 2.96. The second-order valence-corrected chi connectivity index (χ2v) is 9.22. The van der Waals surface area contributed by atoms with Crippen LogP contribution in [0.15, 0.2) is 0 Å². The molecule has 0 radical (unpaired) electrons. The Morgan fingerprint density at radius 1 is 0.950 bits per heavy atom. The van der Waals surface area contributed by atoms with E-state index in [-0.39, 0.29) is 5.60 Å². The van der Waals surface area contributed by atoms with Crippen molar-refractivity contribution >= 4 is 22.6 Å². The lowest BCUT2D eigenvalue weighted by atomic mass is 9.66. The summed E-state index contributed by atoms with van der Waals surface area (Å²) in [5.41, 5.74) is 0.546. The van der Waals surface area contributed by atoms with Gasteiger partial charge in [-0.2, -0.15) is 0 Å². The van der Waals surface area contributed by atoms with Gasteiger partial charge in [-0.25, -0.2) is 0 Å². The van der Waals surface area contributed by atoms with E-state index in [1.165, 1.54) is 43.0 Å². The van der Waals surface area contributed by atoms with Crippen LogP contribution in [0.5, 0.6) is 0 Å². The van der Waals surface area contributed by atoms with Gasteiger partial charge in [0.15, 0.2) is 0 Å². The van der Waals surface area contributed by atoms with Gasteiger partial charge in [0.05, 0.1) is 11.7 Å². The van der Waals surface area contributed by atoms with E-state index < -0.39 is 0 Å². The molecule has 3 saturated carbocycles. The van der Waals surface area contributed by atoms with Crippen molar-refractivity contribution < 1.29 is 4.74 Å². The molecule has 0 aromatic rings. The van der Waals surface area contributed by atoms with Crippen LogP contribution in [0.4, 0.5) is 0 Å². The lowest BCUT2D eigenvalue weighted by molar-refractivity contribution is -0.180. The number of ether oxygens (including phenoxy) is 1. The molecule has 6 atom stereocenters. The summed E-state index contributed by atoms with van der Waals surface area (Å²) in [6.45, 7) is 9.81. The van der Waals surface area contributed by atoms with Crippen molar-refractivity contribution in [3.63, 3.8) is 0 Å². The van der Waals surface area contributed by atoms with Gasteiger partial charge in [-0.1, -0.05) is 50.3 Å². The Morgan fingerprint density at radius 3 is 2.20 bits per heavy atom. The number of halogens is 1. The van der Waals surface area contributed by atoms with Gasteiger partial charge in [0, 0.05) is 4.43 Å². The third-order valence-electron chi connectivity index (χ3n) is 7.33. The first-order chi connectivity index (χ1) is 9.40. The van der Waals surface area contributed by atoms with Crippen molar-refractivity contribution in [2.75, 3.05) is 4.43 Å². The Hall–Kier alpha value is 0.690. The molecule has 0 N–H and O–H groups in total. The van der Waals surface area contributed by atoms with E-state index in [2.05, 4.69) is 50.3 Å². The van der Waals surface area contributed by atoms with Crippen LogP contribution in [0.3, 0.4) is 0 Å². The fourth-order valence-electron chi connectivity index (χ4n) is 5.40. The molecule has 0 saturated heterocycles. The maximum Gasteiger partial charge on any atom is 0.0856 e. The monoisotopic (exact) mass is 390 g/mol. The molecule has 3 aliphatic rings. The maximum atomic E-state index is 6.95. The number of rotatable bonds is 3. The Balaban J connectivity index is 1.77. The molecule has 20 heavy (non-hydrogen) atoms. The van der Waals surface area contributed by atoms with Crippen molar-refractivity contribution in [3.05, 3.63) is 0 Å². The molecule has 3 fully saturated rings. The molecule has 116 valence electrons. The van der Waals surface area contributed by atoms with E-state index in [4.69, 9.17) is 4.74 Å². The predicted molar refractivity (Wildman–Crippen MR) is 93.3 cm³/mol. The molecule has 0 heterocycles. The van der Waals surface area contributed by atoms with Gasteiger partial charge in [0.2, 0.25) is 0 Å². The van der Waals surface area contributed by atoms with E-state index in [1.54, 1.807) is 0 Å². The highest BCUT2D eigenvalue weighted by Gasteiger charge is 2.63. The number of hydrogen-bond acceptors (Lipinski definition) is 1. The first-order valence-electron chi connectivity index (χ1n) is 8.64. The summed E-state index contributed by atoms with van der Waals surface area (Å²) < 4.78 is 8.13. The topological polar surface area (TPSA) is 9.23 Å². The normalized spacial score (nSPS) is 50.5. The highest BCUT2D eigenvalue weighted by molar-refractivity contribution is 14.1. The minimum atomic E-state index is 0.168. The molecule has 0 spiro atoms. The van der Waals surface area contributed by atoms with Crippen LogP contribution in [0.1, 0.15) is 66.2 Å². The minimum Gasteiger partial charge on any atom is -0.370 e. The van der Waals surface area contributed by atoms with Gasteiger partial charge in [-0.15, -0.1) is 0 Å². The Bertz CT molecular complexity index is 366. The number of hydrogen-bond donors (Lipinski definition) is 0. The smallest absolute Gasteiger partial charge is 0.0856 e. The zero-order chi connectivity index (χ0) is 14.5. The highest BCUT2D eigenvalue weighted by atomic mass is 127. The van der Waals surface area contributed by atoms with Crippen molar-refractivity contribution in [1.82, 2.24) is 0 Å². The first-order valence-corrected chi connectivity index (χ1v) is 10.2. The maximum absolute atomic E-state index is 6.95. The lowest BCUT2D eigenvalue weighted by Crippen LogP contribution is -2.55.